The molecule has 1 N–H and O–H groups in total. The largest absolute Gasteiger partial charge is 0.328 e. The third-order valence-electron chi connectivity index (χ3n) is 3.88. The molecular weight excluding hydrogens is 232 g/mol. The predicted octanol–water partition coefficient (Wildman–Crippen LogP) is 2.97. The molecule has 1 aliphatic carbocycles. The number of nitrogens with zero attached hydrogens (tertiary/aromatic N) is 3. The van der Waals surface area contributed by atoms with Crippen LogP contribution in [0.1, 0.15) is 38.9 Å². The number of imidazole rings is 1. The minimum Gasteiger partial charge on any atom is -0.328 e. The van der Waals surface area contributed by atoms with Crippen molar-refractivity contribution in [2.24, 2.45) is 12.5 Å². The molecular formula is C12H18N4S. The van der Waals surface area contributed by atoms with E-state index in [0.717, 1.165) is 28.0 Å². The van der Waals surface area contributed by atoms with Crippen molar-refractivity contribution in [1.29, 1.82) is 0 Å². The lowest BCUT2D eigenvalue weighted by Crippen LogP contribution is -2.04. The van der Waals surface area contributed by atoms with E-state index in [1.165, 1.54) is 6.42 Å². The molecule has 1 fully saturated rings. The zero-order valence-corrected chi connectivity index (χ0v) is 11.6. The van der Waals surface area contributed by atoms with Gasteiger partial charge in [0.2, 0.25) is 0 Å². The quantitative estimate of drug-likeness (QED) is 0.832. The second kappa shape index (κ2) is 3.22. The number of hydrogen-bond donors (Lipinski definition) is 1. The summed E-state index contributed by atoms with van der Waals surface area (Å²) in [7, 11) is 2.00. The molecule has 17 heavy (non-hydrogen) atoms. The Bertz CT molecular complexity index is 643. The van der Waals surface area contributed by atoms with E-state index < -0.39 is 0 Å². The molecule has 0 radical (unpaired) electrons. The number of H-pyrrole nitrogens is 1. The third-order valence-corrected chi connectivity index (χ3v) is 4.18. The van der Waals surface area contributed by atoms with Gasteiger partial charge in [-0.15, -0.1) is 0 Å². The van der Waals surface area contributed by atoms with Crippen molar-refractivity contribution >= 4 is 23.4 Å². The SMILES string of the molecule is CCc1nn(C)c2c1[nH]c(=S)n2C1CC1(C)C. The molecule has 2 aromatic rings. The average Bonchev–Trinajstić information content (AvgIpc) is 2.61. The minimum absolute atomic E-state index is 0.365. The summed E-state index contributed by atoms with van der Waals surface area (Å²) in [6.07, 6.45) is 2.13. The summed E-state index contributed by atoms with van der Waals surface area (Å²) in [5, 5.41) is 4.55. The molecule has 4 nitrogen and oxygen atoms in total. The summed E-state index contributed by atoms with van der Waals surface area (Å²) in [6.45, 7) is 6.70. The van der Waals surface area contributed by atoms with Crippen LogP contribution in [-0.2, 0) is 13.5 Å². The van der Waals surface area contributed by atoms with Crippen LogP contribution in [0.25, 0.3) is 11.2 Å². The van der Waals surface area contributed by atoms with Crippen molar-refractivity contribution in [3.63, 3.8) is 0 Å². The second-order valence-electron chi connectivity index (χ2n) is 5.63. The Morgan fingerprint density at radius 1 is 1.53 bits per heavy atom. The predicted molar refractivity (Wildman–Crippen MR) is 70.7 cm³/mol. The van der Waals surface area contributed by atoms with Crippen LogP contribution in [0, 0.1) is 10.2 Å². The molecule has 0 spiro atoms. The Balaban J connectivity index is 2.28. The molecule has 1 unspecified atom stereocenters. The van der Waals surface area contributed by atoms with Crippen LogP contribution in [-0.4, -0.2) is 19.3 Å². The van der Waals surface area contributed by atoms with Gasteiger partial charge in [0, 0.05) is 13.1 Å². The van der Waals surface area contributed by atoms with Crippen LogP contribution in [0.2, 0.25) is 0 Å². The van der Waals surface area contributed by atoms with Crippen molar-refractivity contribution in [2.45, 2.75) is 39.7 Å². The first-order valence-electron chi connectivity index (χ1n) is 6.12. The number of aromatic nitrogens is 4. The fourth-order valence-electron chi connectivity index (χ4n) is 2.65. The van der Waals surface area contributed by atoms with Crippen molar-refractivity contribution in [1.82, 2.24) is 19.3 Å². The Hall–Kier alpha value is -1.10. The summed E-state index contributed by atoms with van der Waals surface area (Å²) in [5.41, 5.74) is 3.72. The van der Waals surface area contributed by atoms with Gasteiger partial charge in [-0.1, -0.05) is 20.8 Å². The molecule has 1 aliphatic rings. The number of nitrogens with one attached hydrogen (secondary N) is 1. The molecule has 0 saturated heterocycles. The van der Waals surface area contributed by atoms with Gasteiger partial charge >= 0.3 is 0 Å². The van der Waals surface area contributed by atoms with Gasteiger partial charge in [-0.2, -0.15) is 5.10 Å². The topological polar surface area (TPSA) is 38.5 Å². The fourth-order valence-corrected chi connectivity index (χ4v) is 2.97. The maximum atomic E-state index is 5.46. The van der Waals surface area contributed by atoms with Crippen molar-refractivity contribution in [3.8, 4) is 0 Å². The molecule has 92 valence electrons. The molecule has 0 aliphatic heterocycles. The Labute approximate surface area is 106 Å². The first-order chi connectivity index (χ1) is 7.95. The van der Waals surface area contributed by atoms with Gasteiger partial charge in [0.05, 0.1) is 5.69 Å². The van der Waals surface area contributed by atoms with Crippen LogP contribution in [0.4, 0.5) is 0 Å². The highest BCUT2D eigenvalue weighted by Crippen LogP contribution is 2.56. The zero-order valence-electron chi connectivity index (χ0n) is 10.7. The molecule has 2 aromatic heterocycles. The van der Waals surface area contributed by atoms with Crippen LogP contribution in [0.3, 0.4) is 0 Å². The van der Waals surface area contributed by atoms with Gasteiger partial charge in [0.1, 0.15) is 5.52 Å². The summed E-state index contributed by atoms with van der Waals surface area (Å²) in [5.74, 6) is 0. The minimum atomic E-state index is 0.365. The van der Waals surface area contributed by atoms with Crippen LogP contribution < -0.4 is 0 Å². The van der Waals surface area contributed by atoms with Crippen molar-refractivity contribution in [3.05, 3.63) is 10.5 Å². The van der Waals surface area contributed by atoms with Gasteiger partial charge in [-0.05, 0) is 30.5 Å². The summed E-state index contributed by atoms with van der Waals surface area (Å²) >= 11 is 5.46. The molecule has 0 amide bonds. The first-order valence-corrected chi connectivity index (χ1v) is 6.52. The van der Waals surface area contributed by atoms with Crippen LogP contribution in [0.15, 0.2) is 0 Å². The monoisotopic (exact) mass is 250 g/mol. The lowest BCUT2D eigenvalue weighted by atomic mass is 10.2. The van der Waals surface area contributed by atoms with E-state index in [1.54, 1.807) is 0 Å². The average molecular weight is 250 g/mol. The van der Waals surface area contributed by atoms with Gasteiger partial charge < -0.3 is 4.98 Å². The molecule has 0 aromatic carbocycles. The maximum Gasteiger partial charge on any atom is 0.179 e. The fraction of sp³-hybridized carbons (Fsp3) is 0.667. The summed E-state index contributed by atoms with van der Waals surface area (Å²) in [6, 6.07) is 0.517. The van der Waals surface area contributed by atoms with Crippen molar-refractivity contribution in [2.75, 3.05) is 0 Å². The van der Waals surface area contributed by atoms with E-state index >= 15 is 0 Å². The van der Waals surface area contributed by atoms with Crippen molar-refractivity contribution < 1.29 is 0 Å². The molecule has 2 heterocycles. The van der Waals surface area contributed by atoms with E-state index in [1.807, 2.05) is 11.7 Å². The van der Waals surface area contributed by atoms with Gasteiger partial charge in [0.25, 0.3) is 0 Å². The molecule has 1 saturated carbocycles. The first kappa shape index (κ1) is 11.0. The highest BCUT2D eigenvalue weighted by Gasteiger charge is 2.48. The third kappa shape index (κ3) is 1.41. The normalized spacial score (nSPS) is 22.2. The number of aromatic amines is 1. The second-order valence-corrected chi connectivity index (χ2v) is 6.02. The van der Waals surface area contributed by atoms with E-state index in [4.69, 9.17) is 12.2 Å². The van der Waals surface area contributed by atoms with Gasteiger partial charge in [0.15, 0.2) is 10.4 Å². The van der Waals surface area contributed by atoms with E-state index in [-0.39, 0.29) is 0 Å². The highest BCUT2D eigenvalue weighted by atomic mass is 32.1. The number of aryl methyl sites for hydroxylation is 2. The molecule has 1 atom stereocenters. The Kier molecular flexibility index (Phi) is 2.09. The lowest BCUT2D eigenvalue weighted by molar-refractivity contribution is 0.537. The van der Waals surface area contributed by atoms with E-state index in [9.17, 15) is 0 Å². The standard InChI is InChI=1S/C12H18N4S/c1-5-7-9-10(15(4)14-7)16(11(17)13-9)8-6-12(8,2)3/h8H,5-6H2,1-4H3,(H,13,17). The van der Waals surface area contributed by atoms with Crippen LogP contribution >= 0.6 is 12.2 Å². The number of hydrogen-bond acceptors (Lipinski definition) is 2. The van der Waals surface area contributed by atoms with Gasteiger partial charge in [-0.25, -0.2) is 0 Å². The van der Waals surface area contributed by atoms with E-state index in [0.29, 0.717) is 11.5 Å². The molecule has 0 bridgehead atoms. The Morgan fingerprint density at radius 2 is 2.18 bits per heavy atom. The summed E-state index contributed by atoms with van der Waals surface area (Å²) < 4.78 is 5.03. The number of rotatable bonds is 2. The smallest absolute Gasteiger partial charge is 0.179 e. The lowest BCUT2D eigenvalue weighted by Gasteiger charge is -2.06. The van der Waals surface area contributed by atoms with E-state index in [2.05, 4.69) is 35.4 Å². The zero-order chi connectivity index (χ0) is 12.4. The summed E-state index contributed by atoms with van der Waals surface area (Å²) in [4.78, 5) is 3.32. The van der Waals surface area contributed by atoms with Crippen LogP contribution in [0.5, 0.6) is 0 Å². The Morgan fingerprint density at radius 3 is 2.71 bits per heavy atom. The highest BCUT2D eigenvalue weighted by molar-refractivity contribution is 7.71. The van der Waals surface area contributed by atoms with Gasteiger partial charge in [-0.3, -0.25) is 9.25 Å². The molecule has 3 rings (SSSR count). The molecule has 5 heteroatoms. The maximum absolute atomic E-state index is 5.46. The number of fused-ring (bicyclic) bond motifs is 1.